The number of nitrogens with two attached hydrogens (primary N) is 1. The Morgan fingerprint density at radius 3 is 2.47 bits per heavy atom. The van der Waals surface area contributed by atoms with E-state index in [1.54, 1.807) is 20.8 Å². The van der Waals surface area contributed by atoms with Gasteiger partial charge in [0.2, 0.25) is 0 Å². The third-order valence-corrected chi connectivity index (χ3v) is 3.23. The first kappa shape index (κ1) is 14.7. The zero-order valence-corrected chi connectivity index (χ0v) is 10.5. The molecule has 1 saturated heterocycles. The monoisotopic (exact) mass is 254 g/mol. The second-order valence-electron chi connectivity index (χ2n) is 4.75. The highest BCUT2D eigenvalue weighted by atomic mass is 19.4. The number of halogens is 3. The van der Waals surface area contributed by atoms with Crippen LogP contribution in [0.25, 0.3) is 0 Å². The summed E-state index contributed by atoms with van der Waals surface area (Å²) in [6, 6.07) is -2.72. The van der Waals surface area contributed by atoms with E-state index in [0.717, 1.165) is 0 Å². The van der Waals surface area contributed by atoms with Gasteiger partial charge in [-0.25, -0.2) is 0 Å². The molecule has 102 valence electrons. The molecule has 4 unspecified atom stereocenters. The second kappa shape index (κ2) is 5.54. The van der Waals surface area contributed by atoms with Crippen LogP contribution in [0.4, 0.5) is 13.2 Å². The largest absolute Gasteiger partial charge is 0.405 e. The molecule has 0 aromatic carbocycles. The molecule has 1 heterocycles. The Bertz CT molecular complexity index is 247. The minimum absolute atomic E-state index is 0.180. The van der Waals surface area contributed by atoms with Crippen molar-refractivity contribution in [2.75, 3.05) is 13.2 Å². The fourth-order valence-corrected chi connectivity index (χ4v) is 2.22. The predicted molar refractivity (Wildman–Crippen MR) is 59.7 cm³/mol. The Kier molecular flexibility index (Phi) is 4.80. The average molecular weight is 254 g/mol. The maximum absolute atomic E-state index is 13.1. The summed E-state index contributed by atoms with van der Waals surface area (Å²) in [7, 11) is 0. The van der Waals surface area contributed by atoms with Gasteiger partial charge in [-0.3, -0.25) is 4.90 Å². The van der Waals surface area contributed by atoms with Crippen LogP contribution in [-0.2, 0) is 4.74 Å². The summed E-state index contributed by atoms with van der Waals surface area (Å²) in [5, 5.41) is 0. The van der Waals surface area contributed by atoms with Crippen LogP contribution in [0.1, 0.15) is 27.2 Å². The van der Waals surface area contributed by atoms with Crippen LogP contribution < -0.4 is 5.73 Å². The van der Waals surface area contributed by atoms with Gasteiger partial charge in [-0.05, 0) is 20.3 Å². The summed E-state index contributed by atoms with van der Waals surface area (Å²) in [4.78, 5) is 1.43. The summed E-state index contributed by atoms with van der Waals surface area (Å²) in [5.41, 5.74) is 5.64. The van der Waals surface area contributed by atoms with Gasteiger partial charge < -0.3 is 10.5 Å². The van der Waals surface area contributed by atoms with Gasteiger partial charge in [-0.15, -0.1) is 0 Å². The molecule has 3 nitrogen and oxygen atoms in total. The number of hydrogen-bond acceptors (Lipinski definition) is 3. The second-order valence-corrected chi connectivity index (χ2v) is 4.75. The first-order valence-electron chi connectivity index (χ1n) is 5.97. The molecule has 17 heavy (non-hydrogen) atoms. The Labute approximate surface area is 100 Å². The fourth-order valence-electron chi connectivity index (χ4n) is 2.22. The Hall–Kier alpha value is -0.330. The highest BCUT2D eigenvalue weighted by Crippen LogP contribution is 2.30. The first-order valence-corrected chi connectivity index (χ1v) is 5.97. The first-order chi connectivity index (χ1) is 7.77. The van der Waals surface area contributed by atoms with Crippen LogP contribution in [0.3, 0.4) is 0 Å². The van der Waals surface area contributed by atoms with Gasteiger partial charge in [-0.1, -0.05) is 6.92 Å². The molecule has 0 radical (unpaired) electrons. The van der Waals surface area contributed by atoms with Crippen molar-refractivity contribution in [2.24, 2.45) is 5.73 Å². The van der Waals surface area contributed by atoms with Crippen LogP contribution in [0.5, 0.6) is 0 Å². The standard InChI is InChI=1S/C11H21F3N2O/c1-4-9(15)10(11(12,13)14)16-5-8(3)17-6-7(16)2/h7-10H,4-6,15H2,1-3H3. The van der Waals surface area contributed by atoms with Crippen molar-refractivity contribution in [3.63, 3.8) is 0 Å². The molecule has 0 bridgehead atoms. The topological polar surface area (TPSA) is 38.5 Å². The number of alkyl halides is 3. The summed E-state index contributed by atoms with van der Waals surface area (Å²) >= 11 is 0. The smallest absolute Gasteiger partial charge is 0.376 e. The lowest BCUT2D eigenvalue weighted by atomic mass is 10.0. The van der Waals surface area contributed by atoms with Crippen LogP contribution in [0, 0.1) is 0 Å². The van der Waals surface area contributed by atoms with Gasteiger partial charge in [0.25, 0.3) is 0 Å². The lowest BCUT2D eigenvalue weighted by Crippen LogP contribution is -2.62. The van der Waals surface area contributed by atoms with E-state index in [2.05, 4.69) is 0 Å². The molecule has 0 amide bonds. The maximum atomic E-state index is 13.1. The number of hydrogen-bond donors (Lipinski definition) is 1. The van der Waals surface area contributed by atoms with Crippen molar-refractivity contribution in [3.05, 3.63) is 0 Å². The van der Waals surface area contributed by atoms with E-state index in [-0.39, 0.29) is 18.7 Å². The van der Waals surface area contributed by atoms with Crippen LogP contribution in [0.15, 0.2) is 0 Å². The summed E-state index contributed by atoms with van der Waals surface area (Å²) in [6.07, 6.45) is -4.16. The molecule has 0 aromatic rings. The van der Waals surface area contributed by atoms with Gasteiger partial charge in [0.15, 0.2) is 0 Å². The van der Waals surface area contributed by atoms with Gasteiger partial charge in [0.05, 0.1) is 12.7 Å². The summed E-state index contributed by atoms with van der Waals surface area (Å²) in [5.74, 6) is 0. The van der Waals surface area contributed by atoms with Gasteiger partial charge in [0, 0.05) is 18.6 Å². The quantitative estimate of drug-likeness (QED) is 0.834. The molecule has 1 fully saturated rings. The average Bonchev–Trinajstić information content (AvgIpc) is 2.21. The molecule has 0 spiro atoms. The molecule has 6 heteroatoms. The molecule has 0 aromatic heterocycles. The molecular weight excluding hydrogens is 233 g/mol. The summed E-state index contributed by atoms with van der Waals surface area (Å²) < 4.78 is 44.6. The normalized spacial score (nSPS) is 31.2. The van der Waals surface area contributed by atoms with E-state index in [9.17, 15) is 13.2 Å². The van der Waals surface area contributed by atoms with E-state index in [1.165, 1.54) is 4.90 Å². The minimum Gasteiger partial charge on any atom is -0.376 e. The molecule has 1 rings (SSSR count). The maximum Gasteiger partial charge on any atom is 0.405 e. The predicted octanol–water partition coefficient (Wildman–Crippen LogP) is 1.76. The van der Waals surface area contributed by atoms with Crippen molar-refractivity contribution in [1.29, 1.82) is 0 Å². The highest BCUT2D eigenvalue weighted by Gasteiger charge is 2.49. The highest BCUT2D eigenvalue weighted by molar-refractivity contribution is 4.92. The number of rotatable bonds is 3. The third kappa shape index (κ3) is 3.56. The number of nitrogens with zero attached hydrogens (tertiary/aromatic N) is 1. The molecule has 0 saturated carbocycles. The molecule has 2 N–H and O–H groups in total. The molecule has 4 atom stereocenters. The van der Waals surface area contributed by atoms with Crippen LogP contribution in [-0.4, -0.2) is 48.5 Å². The van der Waals surface area contributed by atoms with E-state index in [4.69, 9.17) is 10.5 Å². The molecule has 1 aliphatic rings. The van der Waals surface area contributed by atoms with E-state index < -0.39 is 18.3 Å². The zero-order chi connectivity index (χ0) is 13.2. The van der Waals surface area contributed by atoms with Crippen molar-refractivity contribution >= 4 is 0 Å². The van der Waals surface area contributed by atoms with Gasteiger partial charge in [0.1, 0.15) is 6.04 Å². The Morgan fingerprint density at radius 2 is 2.00 bits per heavy atom. The Morgan fingerprint density at radius 1 is 1.41 bits per heavy atom. The number of morpholine rings is 1. The zero-order valence-electron chi connectivity index (χ0n) is 10.5. The summed E-state index contributed by atoms with van der Waals surface area (Å²) in [6.45, 7) is 5.80. The Balaban J connectivity index is 2.88. The lowest BCUT2D eigenvalue weighted by molar-refractivity contribution is -0.211. The van der Waals surface area contributed by atoms with Gasteiger partial charge in [-0.2, -0.15) is 13.2 Å². The van der Waals surface area contributed by atoms with E-state index in [0.29, 0.717) is 13.0 Å². The molecular formula is C11H21F3N2O. The van der Waals surface area contributed by atoms with Crippen LogP contribution in [0.2, 0.25) is 0 Å². The number of ether oxygens (including phenoxy) is 1. The van der Waals surface area contributed by atoms with E-state index in [1.807, 2.05) is 0 Å². The lowest BCUT2D eigenvalue weighted by Gasteiger charge is -2.44. The van der Waals surface area contributed by atoms with Crippen molar-refractivity contribution in [1.82, 2.24) is 4.90 Å². The molecule has 0 aliphatic carbocycles. The minimum atomic E-state index is -4.29. The van der Waals surface area contributed by atoms with Gasteiger partial charge >= 0.3 is 6.18 Å². The SMILES string of the molecule is CCC(N)C(N1CC(C)OCC1C)C(F)(F)F. The van der Waals surface area contributed by atoms with Crippen molar-refractivity contribution in [2.45, 2.75) is 57.6 Å². The molecule has 1 aliphatic heterocycles. The van der Waals surface area contributed by atoms with Crippen molar-refractivity contribution in [3.8, 4) is 0 Å². The van der Waals surface area contributed by atoms with E-state index >= 15 is 0 Å². The fraction of sp³-hybridized carbons (Fsp3) is 1.00. The van der Waals surface area contributed by atoms with Crippen LogP contribution >= 0.6 is 0 Å². The van der Waals surface area contributed by atoms with Crippen molar-refractivity contribution < 1.29 is 17.9 Å². The third-order valence-electron chi connectivity index (χ3n) is 3.23.